The minimum absolute atomic E-state index is 0.625. The summed E-state index contributed by atoms with van der Waals surface area (Å²) < 4.78 is 25.6. The lowest BCUT2D eigenvalue weighted by Crippen LogP contribution is -2.70. The molecule has 0 unspecified atom stereocenters. The Morgan fingerprint density at radius 3 is 1.33 bits per heavy atom. The van der Waals surface area contributed by atoms with Gasteiger partial charge in [-0.05, 0) is 0 Å². The lowest BCUT2D eigenvalue weighted by atomic mass is 9.76. The first kappa shape index (κ1) is 24.9. The summed E-state index contributed by atoms with van der Waals surface area (Å²) in [6.45, 7) is 5.34. The van der Waals surface area contributed by atoms with Crippen LogP contribution in [0.2, 0.25) is 0 Å². The number of amides is 1. The highest BCUT2D eigenvalue weighted by atomic mass is 16.6. The van der Waals surface area contributed by atoms with E-state index in [1.807, 2.05) is 0 Å². The Kier molecular flexibility index (Phi) is 8.75. The zero-order chi connectivity index (χ0) is 23.2. The first-order valence-corrected chi connectivity index (χ1v) is 8.92. The largest absolute Gasteiger partial charge is 0.469 e. The highest BCUT2D eigenvalue weighted by molar-refractivity contribution is 5.79. The number of methoxy groups -OCH3 is 1. The molecule has 1 aliphatic rings. The van der Waals surface area contributed by atoms with Gasteiger partial charge in [0.1, 0.15) is 5.92 Å². The fourth-order valence-corrected chi connectivity index (χ4v) is 3.33. The number of hydrogen-bond donors (Lipinski definition) is 1. The van der Waals surface area contributed by atoms with E-state index in [9.17, 15) is 28.8 Å². The number of rotatable bonds is 6. The summed E-state index contributed by atoms with van der Waals surface area (Å²) in [6, 6.07) is -1.33. The number of carbonyl (C=O) groups excluding carboxylic acids is 6. The maximum Gasteiger partial charge on any atom is 0.314 e. The van der Waals surface area contributed by atoms with Crippen LogP contribution in [0, 0.1) is 5.92 Å². The maximum absolute atomic E-state index is 12.6. The minimum atomic E-state index is -1.53. The average Bonchev–Trinajstić information content (AvgIpc) is 2.58. The van der Waals surface area contributed by atoms with Crippen LogP contribution in [0.4, 0.5) is 0 Å². The summed E-state index contributed by atoms with van der Waals surface area (Å²) in [4.78, 5) is 71.3. The average molecular weight is 431 g/mol. The number of carbonyl (C=O) groups is 6. The molecule has 0 radical (unpaired) electrons. The van der Waals surface area contributed by atoms with Crippen molar-refractivity contribution in [2.45, 2.75) is 65.1 Å². The van der Waals surface area contributed by atoms with Crippen molar-refractivity contribution in [3.05, 3.63) is 0 Å². The van der Waals surface area contributed by atoms with Crippen LogP contribution < -0.4 is 5.32 Å². The molecular formula is C18H25NO11. The van der Waals surface area contributed by atoms with Crippen LogP contribution in [0.25, 0.3) is 0 Å². The van der Waals surface area contributed by atoms with E-state index in [2.05, 4.69) is 5.32 Å². The van der Waals surface area contributed by atoms with Crippen molar-refractivity contribution in [3.63, 3.8) is 0 Å². The molecule has 0 bridgehead atoms. The van der Waals surface area contributed by atoms with Gasteiger partial charge in [-0.2, -0.15) is 0 Å². The van der Waals surface area contributed by atoms with Gasteiger partial charge in [0.25, 0.3) is 0 Å². The molecule has 1 saturated carbocycles. The predicted molar refractivity (Wildman–Crippen MR) is 95.3 cm³/mol. The fraction of sp³-hybridized carbons (Fsp3) is 0.667. The summed E-state index contributed by atoms with van der Waals surface area (Å²) in [5.74, 6) is -6.39. The van der Waals surface area contributed by atoms with Crippen LogP contribution in [0.15, 0.2) is 0 Å². The van der Waals surface area contributed by atoms with E-state index < -0.39 is 72.1 Å². The van der Waals surface area contributed by atoms with Gasteiger partial charge in [0.2, 0.25) is 5.91 Å². The third-order valence-corrected chi connectivity index (χ3v) is 4.12. The van der Waals surface area contributed by atoms with Crippen molar-refractivity contribution >= 4 is 35.8 Å². The van der Waals surface area contributed by atoms with Crippen LogP contribution in [0.5, 0.6) is 0 Å². The fourth-order valence-electron chi connectivity index (χ4n) is 3.33. The smallest absolute Gasteiger partial charge is 0.314 e. The van der Waals surface area contributed by atoms with Gasteiger partial charge in [0, 0.05) is 34.6 Å². The zero-order valence-corrected chi connectivity index (χ0v) is 17.5. The van der Waals surface area contributed by atoms with Crippen LogP contribution in [-0.4, -0.2) is 73.3 Å². The van der Waals surface area contributed by atoms with Gasteiger partial charge >= 0.3 is 29.8 Å². The van der Waals surface area contributed by atoms with Gasteiger partial charge in [-0.1, -0.05) is 0 Å². The third-order valence-electron chi connectivity index (χ3n) is 4.12. The van der Waals surface area contributed by atoms with Gasteiger partial charge in [0.05, 0.1) is 13.2 Å². The summed E-state index contributed by atoms with van der Waals surface area (Å²) in [6.07, 6.45) is -6.02. The normalized spacial score (nSPS) is 27.8. The van der Waals surface area contributed by atoms with E-state index in [0.717, 1.165) is 41.7 Å². The summed E-state index contributed by atoms with van der Waals surface area (Å²) in [5, 5.41) is 2.44. The van der Waals surface area contributed by atoms with E-state index in [4.69, 9.17) is 23.7 Å². The molecule has 1 rings (SSSR count). The quantitative estimate of drug-likeness (QED) is 0.406. The van der Waals surface area contributed by atoms with Crippen LogP contribution in [-0.2, 0) is 52.5 Å². The van der Waals surface area contributed by atoms with Crippen molar-refractivity contribution in [1.29, 1.82) is 0 Å². The van der Waals surface area contributed by atoms with Gasteiger partial charge < -0.3 is 29.0 Å². The van der Waals surface area contributed by atoms with Crippen molar-refractivity contribution in [1.82, 2.24) is 5.32 Å². The van der Waals surface area contributed by atoms with E-state index in [1.54, 1.807) is 0 Å². The topological polar surface area (TPSA) is 161 Å². The van der Waals surface area contributed by atoms with Crippen molar-refractivity contribution in [2.24, 2.45) is 5.92 Å². The second kappa shape index (κ2) is 10.6. The molecule has 6 atom stereocenters. The molecule has 1 aliphatic carbocycles. The van der Waals surface area contributed by atoms with E-state index in [-0.39, 0.29) is 0 Å². The minimum Gasteiger partial charge on any atom is -0.469 e. The number of ether oxygens (including phenoxy) is 5. The third kappa shape index (κ3) is 6.42. The molecule has 1 fully saturated rings. The van der Waals surface area contributed by atoms with Crippen LogP contribution in [0.1, 0.15) is 34.6 Å². The number of esters is 5. The second-order valence-corrected chi connectivity index (χ2v) is 6.57. The van der Waals surface area contributed by atoms with E-state index in [1.165, 1.54) is 0 Å². The Labute approximate surface area is 172 Å². The molecule has 1 N–H and O–H groups in total. The molecule has 0 aromatic heterocycles. The molecule has 0 spiro atoms. The second-order valence-electron chi connectivity index (χ2n) is 6.57. The lowest BCUT2D eigenvalue weighted by Gasteiger charge is -2.47. The van der Waals surface area contributed by atoms with Gasteiger partial charge in [-0.25, -0.2) is 0 Å². The van der Waals surface area contributed by atoms with Gasteiger partial charge in [0.15, 0.2) is 24.4 Å². The monoisotopic (exact) mass is 431 g/mol. The Morgan fingerprint density at radius 1 is 0.600 bits per heavy atom. The molecule has 0 saturated heterocycles. The number of nitrogens with one attached hydrogen (secondary N) is 1. The first-order chi connectivity index (χ1) is 13.9. The Balaban J connectivity index is 3.71. The van der Waals surface area contributed by atoms with Crippen molar-refractivity contribution < 1.29 is 52.5 Å². The summed E-state index contributed by atoms with van der Waals surface area (Å²) in [5.41, 5.74) is 0. The first-order valence-electron chi connectivity index (χ1n) is 8.92. The molecule has 168 valence electrons. The highest BCUT2D eigenvalue weighted by Crippen LogP contribution is 2.35. The molecular weight excluding hydrogens is 406 g/mol. The van der Waals surface area contributed by atoms with E-state index >= 15 is 0 Å². The molecule has 12 heteroatoms. The summed E-state index contributed by atoms with van der Waals surface area (Å²) in [7, 11) is 1.05. The van der Waals surface area contributed by atoms with Crippen LogP contribution >= 0.6 is 0 Å². The van der Waals surface area contributed by atoms with Crippen LogP contribution in [0.3, 0.4) is 0 Å². The molecule has 0 aliphatic heterocycles. The maximum atomic E-state index is 12.6. The van der Waals surface area contributed by atoms with E-state index in [0.29, 0.717) is 0 Å². The lowest BCUT2D eigenvalue weighted by molar-refractivity contribution is -0.226. The molecule has 30 heavy (non-hydrogen) atoms. The summed E-state index contributed by atoms with van der Waals surface area (Å²) >= 11 is 0. The Bertz CT molecular complexity index is 675. The molecule has 1 amide bonds. The van der Waals surface area contributed by atoms with Gasteiger partial charge in [-0.15, -0.1) is 0 Å². The van der Waals surface area contributed by atoms with Crippen molar-refractivity contribution in [2.75, 3.05) is 7.11 Å². The number of hydrogen-bond acceptors (Lipinski definition) is 11. The molecule has 0 heterocycles. The highest BCUT2D eigenvalue weighted by Gasteiger charge is 2.60. The zero-order valence-electron chi connectivity index (χ0n) is 17.5. The Morgan fingerprint density at radius 2 is 0.967 bits per heavy atom. The molecule has 0 aromatic rings. The molecule has 12 nitrogen and oxygen atoms in total. The molecule has 0 aromatic carbocycles. The van der Waals surface area contributed by atoms with Gasteiger partial charge in [-0.3, -0.25) is 28.8 Å². The predicted octanol–water partition coefficient (Wildman–Crippen LogP) is -0.979. The SMILES string of the molecule is COC(=O)[C@H]1[C@@H](NC(C)=O)[C@@H](OC(C)=O)[C@H](OC(C)=O)[C@@H](OC(C)=O)[C@@H]1OC(C)=O. The standard InChI is InChI=1S/C18H25NO11/c1-7(20)19-13-12(18(25)26-6)14(27-8(2)21)16(29-10(4)23)17(30-11(5)24)15(13)28-9(3)22/h12-17H,1-6H3,(H,19,20)/t12-,13+,14+,15+,16-,17-/m0/s1. The van der Waals surface area contributed by atoms with Crippen molar-refractivity contribution in [3.8, 4) is 0 Å². The Hall–Kier alpha value is -3.18.